The molecule has 1 aromatic heterocycles. The lowest BCUT2D eigenvalue weighted by Crippen LogP contribution is -2.14. The van der Waals surface area contributed by atoms with Crippen molar-refractivity contribution in [2.24, 2.45) is 0 Å². The fraction of sp³-hybridized carbons (Fsp3) is 0.412. The highest BCUT2D eigenvalue weighted by atomic mass is 127. The number of fused-ring (bicyclic) bond motifs is 1. The molecule has 0 saturated carbocycles. The van der Waals surface area contributed by atoms with Gasteiger partial charge in [-0.2, -0.15) is 0 Å². The van der Waals surface area contributed by atoms with Crippen LogP contribution in [-0.2, 0) is 11.2 Å². The van der Waals surface area contributed by atoms with Crippen LogP contribution in [0.3, 0.4) is 0 Å². The molecule has 2 aromatic rings. The van der Waals surface area contributed by atoms with E-state index in [4.69, 9.17) is 19.0 Å². The first-order valence-corrected chi connectivity index (χ1v) is 8.50. The third-order valence-corrected chi connectivity index (χ3v) is 4.99. The van der Waals surface area contributed by atoms with Crippen LogP contribution in [0.4, 0.5) is 0 Å². The van der Waals surface area contributed by atoms with Gasteiger partial charge >= 0.3 is 0 Å². The third kappa shape index (κ3) is 3.02. The van der Waals surface area contributed by atoms with Gasteiger partial charge in [0.05, 0.1) is 30.0 Å². The summed E-state index contributed by atoms with van der Waals surface area (Å²) in [6, 6.07) is 7.89. The van der Waals surface area contributed by atoms with Crippen LogP contribution >= 0.6 is 22.6 Å². The van der Waals surface area contributed by atoms with Crippen molar-refractivity contribution in [3.8, 4) is 17.1 Å². The molecule has 0 amide bonds. The maximum Gasteiger partial charge on any atom is 0.147 e. The largest absolute Gasteiger partial charge is 0.497 e. The van der Waals surface area contributed by atoms with E-state index in [9.17, 15) is 0 Å². The molecule has 1 atom stereocenters. The molecule has 1 aliphatic carbocycles. The normalized spacial score (nSPS) is 17.3. The predicted octanol–water partition coefficient (Wildman–Crippen LogP) is 3.95. The Hall–Kier alpha value is -1.05. The average Bonchev–Trinajstić information content (AvgIpc) is 2.90. The molecule has 22 heavy (non-hydrogen) atoms. The number of aryl methyl sites for hydroxylation is 1. The van der Waals surface area contributed by atoms with Gasteiger partial charge in [-0.3, -0.25) is 0 Å². The van der Waals surface area contributed by atoms with E-state index in [1.807, 2.05) is 24.3 Å². The maximum absolute atomic E-state index is 8.98. The van der Waals surface area contributed by atoms with E-state index in [0.717, 1.165) is 51.2 Å². The van der Waals surface area contributed by atoms with E-state index in [1.165, 1.54) is 0 Å². The van der Waals surface area contributed by atoms with Gasteiger partial charge in [-0.25, -0.2) is 0 Å². The van der Waals surface area contributed by atoms with Crippen LogP contribution in [0.1, 0.15) is 30.3 Å². The van der Waals surface area contributed by atoms with Crippen molar-refractivity contribution in [3.63, 3.8) is 0 Å². The van der Waals surface area contributed by atoms with Gasteiger partial charge in [-0.1, -0.05) is 0 Å². The van der Waals surface area contributed by atoms with Crippen LogP contribution < -0.4 is 4.74 Å². The highest BCUT2D eigenvalue weighted by molar-refractivity contribution is 14.1. The highest BCUT2D eigenvalue weighted by Gasteiger charge is 2.29. The number of furan rings is 1. The number of rotatable bonds is 5. The maximum atomic E-state index is 8.98. The van der Waals surface area contributed by atoms with E-state index in [1.54, 1.807) is 7.11 Å². The summed E-state index contributed by atoms with van der Waals surface area (Å²) in [5.74, 6) is 2.75. The molecule has 0 bridgehead atoms. The zero-order valence-electron chi connectivity index (χ0n) is 12.5. The number of ether oxygens (including phenoxy) is 2. The smallest absolute Gasteiger partial charge is 0.147 e. The van der Waals surface area contributed by atoms with Gasteiger partial charge in [0.15, 0.2) is 0 Å². The van der Waals surface area contributed by atoms with Crippen LogP contribution in [0.25, 0.3) is 11.3 Å². The van der Waals surface area contributed by atoms with Crippen molar-refractivity contribution >= 4 is 22.6 Å². The molecule has 0 saturated heterocycles. The van der Waals surface area contributed by atoms with Gasteiger partial charge in [0.2, 0.25) is 0 Å². The first-order valence-electron chi connectivity index (χ1n) is 7.42. The average molecular weight is 414 g/mol. The number of benzene rings is 1. The lowest BCUT2D eigenvalue weighted by Gasteiger charge is -2.22. The van der Waals surface area contributed by atoms with Gasteiger partial charge < -0.3 is 19.0 Å². The molecule has 0 aliphatic heterocycles. The van der Waals surface area contributed by atoms with Crippen LogP contribution in [0.5, 0.6) is 5.75 Å². The standard InChI is InChI=1S/C17H19IO4/c1-20-12-7-5-11(6-8-12)17-16(18)15-13(21-10-9-19)3-2-4-14(15)22-17/h5-8,13,19H,2-4,9-10H2,1H3. The summed E-state index contributed by atoms with van der Waals surface area (Å²) >= 11 is 2.34. The third-order valence-electron chi connectivity index (χ3n) is 3.92. The molecule has 1 aliphatic rings. The Morgan fingerprint density at radius 1 is 1.32 bits per heavy atom. The summed E-state index contributed by atoms with van der Waals surface area (Å²) in [7, 11) is 1.66. The summed E-state index contributed by atoms with van der Waals surface area (Å²) < 4.78 is 18.2. The number of aliphatic hydroxyl groups excluding tert-OH is 1. The highest BCUT2D eigenvalue weighted by Crippen LogP contribution is 2.42. The van der Waals surface area contributed by atoms with E-state index < -0.39 is 0 Å². The molecule has 118 valence electrons. The van der Waals surface area contributed by atoms with Crippen molar-refractivity contribution in [2.75, 3.05) is 20.3 Å². The molecule has 4 nitrogen and oxygen atoms in total. The van der Waals surface area contributed by atoms with Gasteiger partial charge in [0.1, 0.15) is 17.3 Å². The SMILES string of the molecule is COc1ccc(-c2oc3c(c2I)C(OCCO)CCC3)cc1. The molecule has 1 aromatic carbocycles. The number of aliphatic hydroxyl groups is 1. The summed E-state index contributed by atoms with van der Waals surface area (Å²) in [4.78, 5) is 0. The quantitative estimate of drug-likeness (QED) is 0.754. The molecule has 5 heteroatoms. The first kappa shape index (κ1) is 15.8. The Morgan fingerprint density at radius 3 is 2.77 bits per heavy atom. The Morgan fingerprint density at radius 2 is 2.09 bits per heavy atom. The summed E-state index contributed by atoms with van der Waals surface area (Å²) in [5, 5.41) is 8.98. The van der Waals surface area contributed by atoms with Crippen molar-refractivity contribution in [2.45, 2.75) is 25.4 Å². The lowest BCUT2D eigenvalue weighted by molar-refractivity contribution is 0.0167. The van der Waals surface area contributed by atoms with Gasteiger partial charge in [0.25, 0.3) is 0 Å². The number of methoxy groups -OCH3 is 1. The molecule has 0 fully saturated rings. The number of hydrogen-bond acceptors (Lipinski definition) is 4. The predicted molar refractivity (Wildman–Crippen MR) is 92.1 cm³/mol. The molecular weight excluding hydrogens is 395 g/mol. The second-order valence-electron chi connectivity index (χ2n) is 5.29. The number of hydrogen-bond donors (Lipinski definition) is 1. The van der Waals surface area contributed by atoms with Crippen molar-refractivity contribution < 1.29 is 19.0 Å². The Labute approximate surface area is 143 Å². The van der Waals surface area contributed by atoms with Crippen molar-refractivity contribution in [1.82, 2.24) is 0 Å². The Balaban J connectivity index is 1.95. The second-order valence-corrected chi connectivity index (χ2v) is 6.36. The number of halogens is 1. The second kappa shape index (κ2) is 7.02. The summed E-state index contributed by atoms with van der Waals surface area (Å²) in [6.07, 6.45) is 3.00. The van der Waals surface area contributed by atoms with Crippen LogP contribution in [0, 0.1) is 3.57 Å². The first-order chi connectivity index (χ1) is 10.7. The molecule has 1 heterocycles. The van der Waals surface area contributed by atoms with Crippen LogP contribution in [0.15, 0.2) is 28.7 Å². The minimum absolute atomic E-state index is 0.0264. The van der Waals surface area contributed by atoms with Gasteiger partial charge in [0, 0.05) is 17.5 Å². The van der Waals surface area contributed by atoms with Crippen molar-refractivity contribution in [3.05, 3.63) is 39.2 Å². The Bertz CT molecular complexity index is 633. The molecule has 0 spiro atoms. The van der Waals surface area contributed by atoms with Gasteiger partial charge in [-0.05, 0) is 59.7 Å². The van der Waals surface area contributed by atoms with E-state index in [-0.39, 0.29) is 12.7 Å². The molecule has 3 rings (SSSR count). The monoisotopic (exact) mass is 414 g/mol. The van der Waals surface area contributed by atoms with Gasteiger partial charge in [-0.15, -0.1) is 0 Å². The van der Waals surface area contributed by atoms with E-state index in [2.05, 4.69) is 22.6 Å². The molecule has 1 N–H and O–H groups in total. The van der Waals surface area contributed by atoms with E-state index in [0.29, 0.717) is 6.61 Å². The zero-order valence-corrected chi connectivity index (χ0v) is 14.6. The zero-order chi connectivity index (χ0) is 15.5. The summed E-state index contributed by atoms with van der Waals surface area (Å²) in [6.45, 7) is 0.412. The fourth-order valence-corrected chi connectivity index (χ4v) is 3.93. The Kier molecular flexibility index (Phi) is 5.05. The minimum Gasteiger partial charge on any atom is -0.497 e. The van der Waals surface area contributed by atoms with Crippen LogP contribution in [0.2, 0.25) is 0 Å². The molecule has 0 radical (unpaired) electrons. The summed E-state index contributed by atoms with van der Waals surface area (Å²) in [5.41, 5.74) is 2.20. The minimum atomic E-state index is 0.0264. The topological polar surface area (TPSA) is 51.8 Å². The molecule has 1 unspecified atom stereocenters. The van der Waals surface area contributed by atoms with Crippen molar-refractivity contribution in [1.29, 1.82) is 0 Å². The van der Waals surface area contributed by atoms with Crippen LogP contribution in [-0.4, -0.2) is 25.4 Å². The lowest BCUT2D eigenvalue weighted by atomic mass is 9.95. The fourth-order valence-electron chi connectivity index (χ4n) is 2.86. The molecular formula is C17H19IO4. The van der Waals surface area contributed by atoms with E-state index >= 15 is 0 Å².